The molecule has 21 heavy (non-hydrogen) atoms. The van der Waals surface area contributed by atoms with Gasteiger partial charge in [-0.1, -0.05) is 27.7 Å². The van der Waals surface area contributed by atoms with Gasteiger partial charge in [0.15, 0.2) is 0 Å². The van der Waals surface area contributed by atoms with Crippen LogP contribution in [0, 0.1) is 17.3 Å². The van der Waals surface area contributed by atoms with E-state index in [9.17, 15) is 9.59 Å². The number of piperidine rings is 1. The van der Waals surface area contributed by atoms with Gasteiger partial charge in [-0.25, -0.2) is 5.10 Å². The molecule has 1 aliphatic heterocycles. The van der Waals surface area contributed by atoms with Gasteiger partial charge in [0.2, 0.25) is 0 Å². The standard InChI is InChI=1S/C16H23N3O2/c1-5-9-12(6-2)17-18-14(20)13(9)15(21)19-7-10-11(8-19)16(10,3)4/h10-11H,5-8H2,1-4H3,(H,18,20). The number of nitrogens with zero attached hydrogens (tertiary/aromatic N) is 2. The Morgan fingerprint density at radius 2 is 1.90 bits per heavy atom. The van der Waals surface area contributed by atoms with E-state index in [4.69, 9.17) is 0 Å². The van der Waals surface area contributed by atoms with Crippen molar-refractivity contribution >= 4 is 5.91 Å². The molecule has 2 heterocycles. The molecule has 0 aromatic carbocycles. The summed E-state index contributed by atoms with van der Waals surface area (Å²) < 4.78 is 0. The number of nitrogens with one attached hydrogen (secondary N) is 1. The number of rotatable bonds is 3. The number of aromatic nitrogens is 2. The van der Waals surface area contributed by atoms with Crippen LogP contribution < -0.4 is 5.56 Å². The van der Waals surface area contributed by atoms with E-state index < -0.39 is 0 Å². The van der Waals surface area contributed by atoms with Gasteiger partial charge in [-0.3, -0.25) is 9.59 Å². The third kappa shape index (κ3) is 2.01. The molecule has 0 radical (unpaired) electrons. The lowest BCUT2D eigenvalue weighted by molar-refractivity contribution is 0.0754. The number of hydrogen-bond donors (Lipinski definition) is 1. The molecule has 1 amide bonds. The molecule has 5 nitrogen and oxygen atoms in total. The molecule has 2 aliphatic rings. The third-order valence-electron chi connectivity index (χ3n) is 5.48. The highest BCUT2D eigenvalue weighted by Crippen LogP contribution is 2.62. The van der Waals surface area contributed by atoms with Crippen LogP contribution in [0.1, 0.15) is 49.3 Å². The summed E-state index contributed by atoms with van der Waals surface area (Å²) in [6.45, 7) is 10.0. The number of aryl methyl sites for hydroxylation is 1. The molecule has 2 atom stereocenters. The summed E-state index contributed by atoms with van der Waals surface area (Å²) in [5.74, 6) is 1.07. The minimum absolute atomic E-state index is 0.117. The van der Waals surface area contributed by atoms with Crippen LogP contribution >= 0.6 is 0 Å². The lowest BCUT2D eigenvalue weighted by Crippen LogP contribution is -2.37. The zero-order valence-electron chi connectivity index (χ0n) is 13.2. The van der Waals surface area contributed by atoms with Crippen molar-refractivity contribution in [2.45, 2.75) is 40.5 Å². The first kappa shape index (κ1) is 14.3. The predicted molar refractivity (Wildman–Crippen MR) is 80.3 cm³/mol. The monoisotopic (exact) mass is 289 g/mol. The second kappa shape index (κ2) is 4.68. The zero-order chi connectivity index (χ0) is 15.4. The van der Waals surface area contributed by atoms with Crippen molar-refractivity contribution in [3.05, 3.63) is 27.2 Å². The maximum Gasteiger partial charge on any atom is 0.277 e. The highest BCUT2D eigenvalue weighted by molar-refractivity contribution is 5.95. The Kier molecular flexibility index (Phi) is 3.19. The lowest BCUT2D eigenvalue weighted by atomic mass is 10.0. The first-order chi connectivity index (χ1) is 9.91. The molecule has 1 aromatic rings. The molecule has 2 fully saturated rings. The van der Waals surface area contributed by atoms with E-state index in [1.54, 1.807) is 0 Å². The first-order valence-electron chi connectivity index (χ1n) is 7.81. The van der Waals surface area contributed by atoms with Gasteiger partial charge >= 0.3 is 0 Å². The van der Waals surface area contributed by atoms with E-state index in [1.165, 1.54) is 0 Å². The van der Waals surface area contributed by atoms with E-state index in [0.717, 1.165) is 30.8 Å². The van der Waals surface area contributed by atoms with Gasteiger partial charge in [-0.2, -0.15) is 5.10 Å². The number of carbonyl (C=O) groups is 1. The Bertz CT molecular complexity index is 633. The molecule has 1 aromatic heterocycles. The first-order valence-corrected chi connectivity index (χ1v) is 7.81. The van der Waals surface area contributed by atoms with Gasteiger partial charge in [-0.15, -0.1) is 0 Å². The SMILES string of the molecule is CCc1n[nH]c(=O)c(C(=O)N2CC3C(C2)C3(C)C)c1CC. The van der Waals surface area contributed by atoms with Crippen LogP contribution in [0.15, 0.2) is 4.79 Å². The quantitative estimate of drug-likeness (QED) is 0.919. The molecular formula is C16H23N3O2. The normalized spacial score (nSPS) is 25.8. The van der Waals surface area contributed by atoms with Crippen molar-refractivity contribution in [2.24, 2.45) is 17.3 Å². The topological polar surface area (TPSA) is 66.1 Å². The Morgan fingerprint density at radius 1 is 1.29 bits per heavy atom. The molecular weight excluding hydrogens is 266 g/mol. The van der Waals surface area contributed by atoms with Gasteiger partial charge < -0.3 is 4.90 Å². The number of H-pyrrole nitrogens is 1. The summed E-state index contributed by atoms with van der Waals surface area (Å²) in [5.41, 5.74) is 1.96. The minimum atomic E-state index is -0.353. The maximum absolute atomic E-state index is 12.8. The van der Waals surface area contributed by atoms with Crippen LogP contribution in [0.2, 0.25) is 0 Å². The number of fused-ring (bicyclic) bond motifs is 1. The van der Waals surface area contributed by atoms with Gasteiger partial charge in [0.05, 0.1) is 5.69 Å². The number of aromatic amines is 1. The van der Waals surface area contributed by atoms with Crippen molar-refractivity contribution in [3.63, 3.8) is 0 Å². The highest BCUT2D eigenvalue weighted by atomic mass is 16.2. The molecule has 0 spiro atoms. The smallest absolute Gasteiger partial charge is 0.277 e. The molecule has 1 saturated heterocycles. The van der Waals surface area contributed by atoms with Gasteiger partial charge in [-0.05, 0) is 35.7 Å². The molecule has 1 aliphatic carbocycles. The molecule has 114 valence electrons. The van der Waals surface area contributed by atoms with Crippen LogP contribution in [0.3, 0.4) is 0 Å². The lowest BCUT2D eigenvalue weighted by Gasteiger charge is -2.23. The van der Waals surface area contributed by atoms with Crippen molar-refractivity contribution in [2.75, 3.05) is 13.1 Å². The molecule has 3 rings (SSSR count). The van der Waals surface area contributed by atoms with E-state index in [1.807, 2.05) is 18.7 Å². The summed E-state index contributed by atoms with van der Waals surface area (Å²) in [6, 6.07) is 0. The minimum Gasteiger partial charge on any atom is -0.338 e. The van der Waals surface area contributed by atoms with Gasteiger partial charge in [0.1, 0.15) is 5.56 Å². The van der Waals surface area contributed by atoms with E-state index in [0.29, 0.717) is 29.2 Å². The van der Waals surface area contributed by atoms with Gasteiger partial charge in [0, 0.05) is 13.1 Å². The fourth-order valence-corrected chi connectivity index (χ4v) is 3.88. The second-order valence-electron chi connectivity index (χ2n) is 6.80. The number of carbonyl (C=O) groups excluding carboxylic acids is 1. The summed E-state index contributed by atoms with van der Waals surface area (Å²) in [5, 5.41) is 6.56. The van der Waals surface area contributed by atoms with Crippen LogP contribution in [0.25, 0.3) is 0 Å². The Labute approximate surface area is 124 Å². The predicted octanol–water partition coefficient (Wildman–Crippen LogP) is 1.62. The van der Waals surface area contributed by atoms with Crippen molar-refractivity contribution in [1.29, 1.82) is 0 Å². The van der Waals surface area contributed by atoms with Crippen molar-refractivity contribution in [3.8, 4) is 0 Å². The van der Waals surface area contributed by atoms with Crippen LogP contribution in [-0.2, 0) is 12.8 Å². The Hall–Kier alpha value is -1.65. The fourth-order valence-electron chi connectivity index (χ4n) is 3.88. The number of hydrogen-bond acceptors (Lipinski definition) is 3. The Balaban J connectivity index is 1.91. The van der Waals surface area contributed by atoms with Crippen LogP contribution in [-0.4, -0.2) is 34.1 Å². The second-order valence-corrected chi connectivity index (χ2v) is 6.80. The fraction of sp³-hybridized carbons (Fsp3) is 0.688. The van der Waals surface area contributed by atoms with Gasteiger partial charge in [0.25, 0.3) is 11.5 Å². The van der Waals surface area contributed by atoms with E-state index in [-0.39, 0.29) is 11.5 Å². The molecule has 2 unspecified atom stereocenters. The number of amides is 1. The van der Waals surface area contributed by atoms with Crippen molar-refractivity contribution in [1.82, 2.24) is 15.1 Å². The zero-order valence-corrected chi connectivity index (χ0v) is 13.2. The Morgan fingerprint density at radius 3 is 2.43 bits per heavy atom. The molecule has 1 N–H and O–H groups in total. The summed E-state index contributed by atoms with van der Waals surface area (Å²) in [4.78, 5) is 26.7. The number of likely N-dealkylation sites (tertiary alicyclic amines) is 1. The third-order valence-corrected chi connectivity index (χ3v) is 5.48. The van der Waals surface area contributed by atoms with Crippen LogP contribution in [0.4, 0.5) is 0 Å². The van der Waals surface area contributed by atoms with Crippen LogP contribution in [0.5, 0.6) is 0 Å². The largest absolute Gasteiger partial charge is 0.338 e. The maximum atomic E-state index is 12.8. The molecule has 0 bridgehead atoms. The molecule has 1 saturated carbocycles. The summed E-state index contributed by atoms with van der Waals surface area (Å²) in [7, 11) is 0. The van der Waals surface area contributed by atoms with E-state index >= 15 is 0 Å². The van der Waals surface area contributed by atoms with Crippen molar-refractivity contribution < 1.29 is 4.79 Å². The average molecular weight is 289 g/mol. The average Bonchev–Trinajstić information content (AvgIpc) is 2.84. The highest BCUT2D eigenvalue weighted by Gasteiger charge is 2.62. The van der Waals surface area contributed by atoms with E-state index in [2.05, 4.69) is 24.0 Å². The molecule has 5 heteroatoms. The summed E-state index contributed by atoms with van der Waals surface area (Å²) >= 11 is 0. The summed E-state index contributed by atoms with van der Waals surface area (Å²) in [6.07, 6.45) is 1.38.